The van der Waals surface area contributed by atoms with Crippen LogP contribution in [0.5, 0.6) is 0 Å². The van der Waals surface area contributed by atoms with Crippen molar-refractivity contribution in [3.8, 4) is 11.3 Å². The predicted octanol–water partition coefficient (Wildman–Crippen LogP) is 4.08. The third-order valence-electron chi connectivity index (χ3n) is 3.04. The second-order valence-corrected chi connectivity index (χ2v) is 4.51. The van der Waals surface area contributed by atoms with Gasteiger partial charge in [-0.05, 0) is 18.2 Å². The fraction of sp³-hybridized carbons (Fsp3) is 0.143. The van der Waals surface area contributed by atoms with E-state index >= 15 is 0 Å². The van der Waals surface area contributed by atoms with Gasteiger partial charge in [-0.3, -0.25) is 4.98 Å². The van der Waals surface area contributed by atoms with Gasteiger partial charge in [-0.2, -0.15) is 13.2 Å². The summed E-state index contributed by atoms with van der Waals surface area (Å²) in [4.78, 5) is 8.03. The second-order valence-electron chi connectivity index (χ2n) is 4.51. The summed E-state index contributed by atoms with van der Waals surface area (Å²) in [5.41, 5.74) is 0.525. The van der Waals surface area contributed by atoms with Crippen molar-refractivity contribution < 1.29 is 13.2 Å². The van der Waals surface area contributed by atoms with Crippen LogP contribution in [-0.2, 0) is 13.2 Å². The molecule has 3 aromatic heterocycles. The maximum Gasteiger partial charge on any atom is 0.417 e. The van der Waals surface area contributed by atoms with E-state index in [4.69, 9.17) is 0 Å². The molecule has 0 bridgehead atoms. The van der Waals surface area contributed by atoms with Crippen LogP contribution in [0.15, 0.2) is 43.0 Å². The molecular formula is C14H11ClF3N3. The van der Waals surface area contributed by atoms with E-state index in [-0.39, 0.29) is 23.3 Å². The first-order valence-electron chi connectivity index (χ1n) is 5.89. The van der Waals surface area contributed by atoms with E-state index in [1.54, 1.807) is 30.1 Å². The average molecular weight is 314 g/mol. The molecule has 0 radical (unpaired) electrons. The Morgan fingerprint density at radius 2 is 1.95 bits per heavy atom. The number of halogens is 4. The highest BCUT2D eigenvalue weighted by Gasteiger charge is 2.33. The summed E-state index contributed by atoms with van der Waals surface area (Å²) in [5.74, 6) is 0. The minimum atomic E-state index is -4.44. The fourth-order valence-corrected chi connectivity index (χ4v) is 2.11. The number of aromatic nitrogens is 3. The lowest BCUT2D eigenvalue weighted by atomic mass is 10.1. The minimum absolute atomic E-state index is 0. The molecule has 3 heterocycles. The summed E-state index contributed by atoms with van der Waals surface area (Å²) in [6.07, 6.45) is 1.69. The van der Waals surface area contributed by atoms with Gasteiger partial charge < -0.3 is 4.57 Å². The van der Waals surface area contributed by atoms with Crippen LogP contribution in [0.1, 0.15) is 5.56 Å². The van der Waals surface area contributed by atoms with Crippen LogP contribution in [0.25, 0.3) is 22.2 Å². The van der Waals surface area contributed by atoms with Crippen molar-refractivity contribution in [1.29, 1.82) is 0 Å². The molecule has 0 spiro atoms. The maximum absolute atomic E-state index is 13.2. The molecule has 0 fully saturated rings. The zero-order valence-corrected chi connectivity index (χ0v) is 11.7. The van der Waals surface area contributed by atoms with Gasteiger partial charge in [-0.15, -0.1) is 12.4 Å². The molecule has 110 valence electrons. The molecule has 0 saturated heterocycles. The number of pyridine rings is 2. The summed E-state index contributed by atoms with van der Waals surface area (Å²) in [6, 6.07) is 4.28. The predicted molar refractivity (Wildman–Crippen MR) is 76.2 cm³/mol. The van der Waals surface area contributed by atoms with E-state index < -0.39 is 11.7 Å². The highest BCUT2D eigenvalue weighted by atomic mass is 35.5. The Morgan fingerprint density at radius 1 is 1.19 bits per heavy atom. The van der Waals surface area contributed by atoms with Crippen molar-refractivity contribution in [2.75, 3.05) is 0 Å². The molecule has 0 N–H and O–H groups in total. The number of nitrogens with zero attached hydrogens (tertiary/aromatic N) is 3. The first-order chi connectivity index (χ1) is 9.45. The normalized spacial score (nSPS) is 11.4. The molecule has 0 amide bonds. The van der Waals surface area contributed by atoms with E-state index in [1.807, 2.05) is 0 Å². The summed E-state index contributed by atoms with van der Waals surface area (Å²) >= 11 is 0. The molecule has 3 aromatic rings. The van der Waals surface area contributed by atoms with Gasteiger partial charge in [0.05, 0.1) is 16.8 Å². The van der Waals surface area contributed by atoms with E-state index in [1.165, 1.54) is 18.5 Å². The van der Waals surface area contributed by atoms with Crippen molar-refractivity contribution in [3.63, 3.8) is 0 Å². The van der Waals surface area contributed by atoms with Gasteiger partial charge in [0.25, 0.3) is 0 Å². The van der Waals surface area contributed by atoms with E-state index in [0.29, 0.717) is 11.3 Å². The Kier molecular flexibility index (Phi) is 3.91. The minimum Gasteiger partial charge on any atom is -0.357 e. The molecule has 0 aliphatic heterocycles. The van der Waals surface area contributed by atoms with Crippen molar-refractivity contribution in [3.05, 3.63) is 48.5 Å². The van der Waals surface area contributed by atoms with Crippen LogP contribution in [0.4, 0.5) is 13.2 Å². The Hall–Kier alpha value is -2.08. The molecule has 3 rings (SSSR count). The van der Waals surface area contributed by atoms with Gasteiger partial charge >= 0.3 is 6.18 Å². The Labute approximate surface area is 124 Å². The molecule has 3 nitrogen and oxygen atoms in total. The highest BCUT2D eigenvalue weighted by molar-refractivity contribution is 5.85. The Morgan fingerprint density at radius 3 is 2.57 bits per heavy atom. The molecule has 0 aromatic carbocycles. The van der Waals surface area contributed by atoms with Gasteiger partial charge in [0.1, 0.15) is 0 Å². The van der Waals surface area contributed by atoms with E-state index in [2.05, 4.69) is 9.97 Å². The number of hydrogen-bond donors (Lipinski definition) is 0. The third-order valence-corrected chi connectivity index (χ3v) is 3.04. The first-order valence-corrected chi connectivity index (χ1v) is 5.89. The number of fused-ring (bicyclic) bond motifs is 1. The molecule has 0 aliphatic rings. The molecule has 0 unspecified atom stereocenters. The number of alkyl halides is 3. The van der Waals surface area contributed by atoms with Crippen LogP contribution in [-0.4, -0.2) is 14.5 Å². The van der Waals surface area contributed by atoms with Gasteiger partial charge in [-0.25, -0.2) is 4.98 Å². The molecule has 0 aliphatic carbocycles. The van der Waals surface area contributed by atoms with Gasteiger partial charge in [-0.1, -0.05) is 0 Å². The van der Waals surface area contributed by atoms with Gasteiger partial charge in [0, 0.05) is 42.8 Å². The van der Waals surface area contributed by atoms with Crippen molar-refractivity contribution in [2.45, 2.75) is 6.18 Å². The van der Waals surface area contributed by atoms with Gasteiger partial charge in [0.2, 0.25) is 0 Å². The monoisotopic (exact) mass is 313 g/mol. The highest BCUT2D eigenvalue weighted by Crippen LogP contribution is 2.36. The molecule has 21 heavy (non-hydrogen) atoms. The lowest BCUT2D eigenvalue weighted by Crippen LogP contribution is -2.07. The third kappa shape index (κ3) is 2.85. The standard InChI is InChI=1S/C14H10F3N3.ClH/c1-20-5-3-9(8-20)13-6-11(14(15,16)17)10-7-18-4-2-12(10)19-13;/h2-8H,1H3;1H. The average Bonchev–Trinajstić information content (AvgIpc) is 2.83. The topological polar surface area (TPSA) is 30.7 Å². The van der Waals surface area contributed by atoms with Crippen LogP contribution < -0.4 is 0 Å². The van der Waals surface area contributed by atoms with Crippen molar-refractivity contribution >= 4 is 23.3 Å². The van der Waals surface area contributed by atoms with Crippen LogP contribution in [0.2, 0.25) is 0 Å². The zero-order valence-electron chi connectivity index (χ0n) is 10.9. The molecule has 7 heteroatoms. The van der Waals surface area contributed by atoms with Crippen LogP contribution >= 0.6 is 12.4 Å². The van der Waals surface area contributed by atoms with Crippen molar-refractivity contribution in [2.24, 2.45) is 7.05 Å². The quantitative estimate of drug-likeness (QED) is 0.678. The zero-order chi connectivity index (χ0) is 14.3. The Bertz CT molecular complexity index is 780. The molecule has 0 saturated carbocycles. The number of aryl methyl sites for hydroxylation is 1. The maximum atomic E-state index is 13.2. The van der Waals surface area contributed by atoms with Crippen molar-refractivity contribution in [1.82, 2.24) is 14.5 Å². The lowest BCUT2D eigenvalue weighted by molar-refractivity contribution is -0.136. The van der Waals surface area contributed by atoms with Crippen LogP contribution in [0.3, 0.4) is 0 Å². The lowest BCUT2D eigenvalue weighted by Gasteiger charge is -2.11. The fourth-order valence-electron chi connectivity index (χ4n) is 2.11. The molecule has 0 atom stereocenters. The van der Waals surface area contributed by atoms with E-state index in [9.17, 15) is 13.2 Å². The summed E-state index contributed by atoms with van der Waals surface area (Å²) in [7, 11) is 1.80. The smallest absolute Gasteiger partial charge is 0.357 e. The summed E-state index contributed by atoms with van der Waals surface area (Å²) in [5, 5.41) is 0.0136. The first kappa shape index (κ1) is 15.3. The van der Waals surface area contributed by atoms with E-state index in [0.717, 1.165) is 6.07 Å². The Balaban J connectivity index is 0.00000161. The SMILES string of the molecule is Cl.Cn1ccc(-c2cc(C(F)(F)F)c3cnccc3n2)c1. The van der Waals surface area contributed by atoms with Gasteiger partial charge in [0.15, 0.2) is 0 Å². The largest absolute Gasteiger partial charge is 0.417 e. The second kappa shape index (κ2) is 5.37. The summed E-state index contributed by atoms with van der Waals surface area (Å²) < 4.78 is 41.2. The van der Waals surface area contributed by atoms with Crippen LogP contribution in [0, 0.1) is 0 Å². The number of hydrogen-bond acceptors (Lipinski definition) is 2. The molecular weight excluding hydrogens is 303 g/mol. The summed E-state index contributed by atoms with van der Waals surface area (Å²) in [6.45, 7) is 0. The number of rotatable bonds is 1.